The smallest absolute Gasteiger partial charge is 0.146 e. The molecule has 18 heavy (non-hydrogen) atoms. The maximum atomic E-state index is 13.9. The summed E-state index contributed by atoms with van der Waals surface area (Å²) >= 11 is 5.91. The van der Waals surface area contributed by atoms with Gasteiger partial charge in [-0.2, -0.15) is 0 Å². The van der Waals surface area contributed by atoms with E-state index in [9.17, 15) is 4.39 Å². The van der Waals surface area contributed by atoms with Gasteiger partial charge in [0.2, 0.25) is 0 Å². The normalized spacial score (nSPS) is 10.4. The van der Waals surface area contributed by atoms with Gasteiger partial charge in [-0.3, -0.25) is 4.98 Å². The van der Waals surface area contributed by atoms with E-state index in [4.69, 9.17) is 11.6 Å². The Balaban J connectivity index is 2.49. The fourth-order valence-electron chi connectivity index (χ4n) is 1.91. The summed E-state index contributed by atoms with van der Waals surface area (Å²) in [6, 6.07) is 8.56. The number of benzene rings is 1. The zero-order valence-corrected chi connectivity index (χ0v) is 10.9. The molecule has 2 rings (SSSR count). The van der Waals surface area contributed by atoms with Crippen molar-refractivity contribution in [3.05, 3.63) is 54.1 Å². The van der Waals surface area contributed by atoms with E-state index in [1.54, 1.807) is 24.5 Å². The van der Waals surface area contributed by atoms with Gasteiger partial charge in [0.15, 0.2) is 0 Å². The largest absolute Gasteiger partial charge is 0.338 e. The number of aromatic nitrogens is 1. The van der Waals surface area contributed by atoms with Crippen LogP contribution in [0.1, 0.15) is 12.5 Å². The van der Waals surface area contributed by atoms with Crippen LogP contribution in [0.2, 0.25) is 0 Å². The van der Waals surface area contributed by atoms with E-state index in [1.807, 2.05) is 24.0 Å². The number of alkyl halides is 1. The van der Waals surface area contributed by atoms with Crippen LogP contribution in [0.25, 0.3) is 0 Å². The zero-order chi connectivity index (χ0) is 13.0. The van der Waals surface area contributed by atoms with E-state index in [2.05, 4.69) is 4.98 Å². The van der Waals surface area contributed by atoms with Crippen molar-refractivity contribution < 1.29 is 4.39 Å². The predicted octanol–water partition coefficient (Wildman–Crippen LogP) is 4.12. The Bertz CT molecular complexity index is 531. The molecule has 2 nitrogen and oxygen atoms in total. The van der Waals surface area contributed by atoms with Crippen LogP contribution >= 0.6 is 11.6 Å². The van der Waals surface area contributed by atoms with Crippen molar-refractivity contribution in [1.29, 1.82) is 0 Å². The Labute approximate surface area is 111 Å². The van der Waals surface area contributed by atoms with Crippen LogP contribution in [0, 0.1) is 5.82 Å². The van der Waals surface area contributed by atoms with Gasteiger partial charge in [-0.15, -0.1) is 11.6 Å². The summed E-state index contributed by atoms with van der Waals surface area (Å²) in [6.07, 6.45) is 3.41. The maximum Gasteiger partial charge on any atom is 0.146 e. The molecule has 0 saturated heterocycles. The molecule has 0 radical (unpaired) electrons. The summed E-state index contributed by atoms with van der Waals surface area (Å²) in [5.74, 6) is 0.131. The molecular weight excluding hydrogens is 251 g/mol. The van der Waals surface area contributed by atoms with E-state index >= 15 is 0 Å². The van der Waals surface area contributed by atoms with Gasteiger partial charge in [0.05, 0.1) is 17.6 Å². The lowest BCUT2D eigenvalue weighted by Gasteiger charge is -2.25. The first-order chi connectivity index (χ1) is 8.77. The molecule has 4 heteroatoms. The minimum Gasteiger partial charge on any atom is -0.338 e. The molecule has 0 aliphatic rings. The Morgan fingerprint density at radius 2 is 2.00 bits per heavy atom. The molecule has 0 bridgehead atoms. The highest BCUT2D eigenvalue weighted by molar-refractivity contribution is 6.17. The van der Waals surface area contributed by atoms with Crippen LogP contribution in [0.5, 0.6) is 0 Å². The summed E-state index contributed by atoms with van der Waals surface area (Å²) in [5.41, 5.74) is 2.33. The molecule has 1 aromatic carbocycles. The number of para-hydroxylation sites is 1. The SMILES string of the molecule is CCN(c1ccccc1F)c1cnccc1CCl. The van der Waals surface area contributed by atoms with Crippen molar-refractivity contribution in [3.8, 4) is 0 Å². The first kappa shape index (κ1) is 12.8. The fourth-order valence-corrected chi connectivity index (χ4v) is 2.14. The minimum absolute atomic E-state index is 0.247. The number of rotatable bonds is 4. The first-order valence-electron chi connectivity index (χ1n) is 5.78. The van der Waals surface area contributed by atoms with E-state index < -0.39 is 0 Å². The molecule has 0 aliphatic carbocycles. The number of anilines is 2. The molecule has 0 unspecified atom stereocenters. The van der Waals surface area contributed by atoms with E-state index in [-0.39, 0.29) is 5.82 Å². The Morgan fingerprint density at radius 3 is 2.67 bits per heavy atom. The summed E-state index contributed by atoms with van der Waals surface area (Å²) in [7, 11) is 0. The van der Waals surface area contributed by atoms with Gasteiger partial charge in [-0.1, -0.05) is 12.1 Å². The average molecular weight is 265 g/mol. The Kier molecular flexibility index (Phi) is 4.15. The molecule has 0 saturated carbocycles. The van der Waals surface area contributed by atoms with Crippen LogP contribution in [0.3, 0.4) is 0 Å². The number of hydrogen-bond acceptors (Lipinski definition) is 2. The lowest BCUT2D eigenvalue weighted by atomic mass is 10.2. The quantitative estimate of drug-likeness (QED) is 0.773. The second kappa shape index (κ2) is 5.83. The highest BCUT2D eigenvalue weighted by Gasteiger charge is 2.14. The molecular formula is C14H14ClFN2. The molecule has 0 N–H and O–H groups in total. The van der Waals surface area contributed by atoms with Crippen molar-refractivity contribution in [1.82, 2.24) is 4.98 Å². The Morgan fingerprint density at radius 1 is 1.22 bits per heavy atom. The highest BCUT2D eigenvalue weighted by Crippen LogP contribution is 2.30. The van der Waals surface area contributed by atoms with Crippen molar-refractivity contribution in [2.75, 3.05) is 11.4 Å². The third kappa shape index (κ3) is 2.46. The summed E-state index contributed by atoms with van der Waals surface area (Å²) in [5, 5.41) is 0. The summed E-state index contributed by atoms with van der Waals surface area (Å²) < 4.78 is 13.9. The highest BCUT2D eigenvalue weighted by atomic mass is 35.5. The minimum atomic E-state index is -0.247. The lowest BCUT2D eigenvalue weighted by Crippen LogP contribution is -2.19. The van der Waals surface area contributed by atoms with Crippen LogP contribution < -0.4 is 4.90 Å². The monoisotopic (exact) mass is 264 g/mol. The zero-order valence-electron chi connectivity index (χ0n) is 10.1. The molecule has 0 aliphatic heterocycles. The van der Waals surface area contributed by atoms with Gasteiger partial charge in [0.1, 0.15) is 5.82 Å². The third-order valence-corrected chi connectivity index (χ3v) is 3.07. The van der Waals surface area contributed by atoms with Gasteiger partial charge < -0.3 is 4.90 Å². The molecule has 0 fully saturated rings. The molecule has 1 aromatic heterocycles. The van der Waals surface area contributed by atoms with Gasteiger partial charge in [0.25, 0.3) is 0 Å². The van der Waals surface area contributed by atoms with Gasteiger partial charge in [0, 0.05) is 18.6 Å². The summed E-state index contributed by atoms with van der Waals surface area (Å²) in [4.78, 5) is 5.97. The predicted molar refractivity (Wildman–Crippen MR) is 72.9 cm³/mol. The van der Waals surface area contributed by atoms with E-state index in [0.29, 0.717) is 18.1 Å². The molecule has 0 atom stereocenters. The van der Waals surface area contributed by atoms with Gasteiger partial charge in [-0.05, 0) is 30.7 Å². The average Bonchev–Trinajstić information content (AvgIpc) is 2.42. The summed E-state index contributed by atoms with van der Waals surface area (Å²) in [6.45, 7) is 2.62. The standard InChI is InChI=1S/C14H14ClFN2/c1-2-18(13-6-4-3-5-12(13)16)14-10-17-8-7-11(14)9-15/h3-8,10H,2,9H2,1H3. The molecule has 2 aromatic rings. The number of halogens is 2. The number of pyridine rings is 1. The second-order valence-electron chi connectivity index (χ2n) is 3.83. The van der Waals surface area contributed by atoms with Crippen LogP contribution in [-0.4, -0.2) is 11.5 Å². The number of nitrogens with zero attached hydrogens (tertiary/aromatic N) is 2. The molecule has 0 amide bonds. The van der Waals surface area contributed by atoms with E-state index in [1.165, 1.54) is 6.07 Å². The first-order valence-corrected chi connectivity index (χ1v) is 6.32. The van der Waals surface area contributed by atoms with Gasteiger partial charge >= 0.3 is 0 Å². The number of hydrogen-bond donors (Lipinski definition) is 0. The third-order valence-electron chi connectivity index (χ3n) is 2.78. The van der Waals surface area contributed by atoms with Crippen molar-refractivity contribution >= 4 is 23.0 Å². The molecule has 0 spiro atoms. The maximum absolute atomic E-state index is 13.9. The Hall–Kier alpha value is -1.61. The topological polar surface area (TPSA) is 16.1 Å². The van der Waals surface area contributed by atoms with Crippen molar-refractivity contribution in [2.45, 2.75) is 12.8 Å². The fraction of sp³-hybridized carbons (Fsp3) is 0.214. The van der Waals surface area contributed by atoms with Crippen LogP contribution in [0.4, 0.5) is 15.8 Å². The van der Waals surface area contributed by atoms with Crippen molar-refractivity contribution in [2.24, 2.45) is 0 Å². The molecule has 1 heterocycles. The van der Waals surface area contributed by atoms with E-state index in [0.717, 1.165) is 11.3 Å². The van der Waals surface area contributed by atoms with Gasteiger partial charge in [-0.25, -0.2) is 4.39 Å². The molecule has 94 valence electrons. The van der Waals surface area contributed by atoms with Crippen LogP contribution in [-0.2, 0) is 5.88 Å². The lowest BCUT2D eigenvalue weighted by molar-refractivity contribution is 0.625. The van der Waals surface area contributed by atoms with Crippen LogP contribution in [0.15, 0.2) is 42.7 Å². The van der Waals surface area contributed by atoms with Crippen molar-refractivity contribution in [3.63, 3.8) is 0 Å². The second-order valence-corrected chi connectivity index (χ2v) is 4.10.